The molecule has 26 heavy (non-hydrogen) atoms. The van der Waals surface area contributed by atoms with Gasteiger partial charge in [0.05, 0.1) is 12.0 Å². The molecule has 2 unspecified atom stereocenters. The minimum absolute atomic E-state index is 0.110. The van der Waals surface area contributed by atoms with Gasteiger partial charge in [-0.25, -0.2) is 9.78 Å². The van der Waals surface area contributed by atoms with Crippen LogP contribution < -0.4 is 16.0 Å². The number of carbonyl (C=O) groups is 3. The quantitative estimate of drug-likeness (QED) is 0.666. The highest BCUT2D eigenvalue weighted by Crippen LogP contribution is 2.20. The zero-order chi connectivity index (χ0) is 19.1. The summed E-state index contributed by atoms with van der Waals surface area (Å²) in [5.74, 6) is -0.210. The molecule has 9 heteroatoms. The molecule has 142 valence electrons. The number of imide groups is 1. The molecule has 0 aliphatic carbocycles. The number of hydrogen-bond acceptors (Lipinski definition) is 5. The Balaban J connectivity index is 1.90. The Morgan fingerprint density at radius 1 is 1.38 bits per heavy atom. The normalized spacial score (nSPS) is 18.7. The van der Waals surface area contributed by atoms with Gasteiger partial charge in [-0.1, -0.05) is 0 Å². The Hall–Kier alpha value is -2.00. The van der Waals surface area contributed by atoms with Crippen molar-refractivity contribution in [3.05, 3.63) is 22.8 Å². The standard InChI is InChI=1S/C17H24BrN5O3/c1-3-19-17(26)22-15(24)11(2)23-8-4-5-12(10-23)16(25)21-14-7-6-13(18)9-20-14/h6-7,9,11-12H,3-5,8,10H2,1-2H3,(H,20,21,25)(H2,19,22,24,26). The number of rotatable bonds is 5. The van der Waals surface area contributed by atoms with Gasteiger partial charge in [0.25, 0.3) is 0 Å². The number of piperidine rings is 1. The summed E-state index contributed by atoms with van der Waals surface area (Å²) < 4.78 is 0.839. The second kappa shape index (κ2) is 9.63. The van der Waals surface area contributed by atoms with Gasteiger partial charge in [-0.05, 0) is 61.3 Å². The van der Waals surface area contributed by atoms with Crippen LogP contribution >= 0.6 is 15.9 Å². The third-order valence-corrected chi connectivity index (χ3v) is 4.77. The van der Waals surface area contributed by atoms with Gasteiger partial charge < -0.3 is 10.6 Å². The maximum atomic E-state index is 12.5. The largest absolute Gasteiger partial charge is 0.338 e. The third-order valence-electron chi connectivity index (χ3n) is 4.30. The number of urea groups is 1. The molecular weight excluding hydrogens is 402 g/mol. The van der Waals surface area contributed by atoms with Crippen molar-refractivity contribution in [1.82, 2.24) is 20.5 Å². The molecule has 8 nitrogen and oxygen atoms in total. The molecule has 1 aliphatic heterocycles. The number of nitrogens with zero attached hydrogens (tertiary/aromatic N) is 2. The van der Waals surface area contributed by atoms with Crippen LogP contribution in [0.5, 0.6) is 0 Å². The van der Waals surface area contributed by atoms with Gasteiger partial charge in [-0.2, -0.15) is 0 Å². The van der Waals surface area contributed by atoms with Gasteiger partial charge in [-0.3, -0.25) is 19.8 Å². The van der Waals surface area contributed by atoms with Crippen molar-refractivity contribution in [1.29, 1.82) is 0 Å². The first kappa shape index (κ1) is 20.3. The lowest BCUT2D eigenvalue weighted by Gasteiger charge is -2.35. The molecule has 0 bridgehead atoms. The van der Waals surface area contributed by atoms with E-state index in [0.29, 0.717) is 25.5 Å². The molecule has 0 saturated carbocycles. The van der Waals surface area contributed by atoms with Gasteiger partial charge >= 0.3 is 6.03 Å². The summed E-state index contributed by atoms with van der Waals surface area (Å²) >= 11 is 3.30. The molecule has 1 aromatic rings. The van der Waals surface area contributed by atoms with E-state index in [2.05, 4.69) is 36.9 Å². The molecule has 0 spiro atoms. The highest BCUT2D eigenvalue weighted by atomic mass is 79.9. The smallest absolute Gasteiger partial charge is 0.321 e. The molecule has 0 radical (unpaired) electrons. The number of anilines is 1. The van der Waals surface area contributed by atoms with Crippen LogP contribution in [0, 0.1) is 5.92 Å². The lowest BCUT2D eigenvalue weighted by molar-refractivity contribution is -0.128. The lowest BCUT2D eigenvalue weighted by Crippen LogP contribution is -2.53. The minimum Gasteiger partial charge on any atom is -0.338 e. The van der Waals surface area contributed by atoms with Crippen molar-refractivity contribution in [3.63, 3.8) is 0 Å². The van der Waals surface area contributed by atoms with Crippen LogP contribution in [0.2, 0.25) is 0 Å². The first-order chi connectivity index (χ1) is 12.4. The molecule has 1 fully saturated rings. The van der Waals surface area contributed by atoms with E-state index >= 15 is 0 Å². The van der Waals surface area contributed by atoms with Crippen molar-refractivity contribution in [2.45, 2.75) is 32.7 Å². The first-order valence-corrected chi connectivity index (χ1v) is 9.45. The van der Waals surface area contributed by atoms with Gasteiger partial charge in [0, 0.05) is 23.8 Å². The van der Waals surface area contributed by atoms with Crippen LogP contribution in [0.15, 0.2) is 22.8 Å². The first-order valence-electron chi connectivity index (χ1n) is 8.66. The molecule has 2 heterocycles. The Bertz CT molecular complexity index is 652. The summed E-state index contributed by atoms with van der Waals surface area (Å²) in [5.41, 5.74) is 0. The number of likely N-dealkylation sites (tertiary alicyclic amines) is 1. The van der Waals surface area contributed by atoms with Gasteiger partial charge in [0.2, 0.25) is 11.8 Å². The number of amides is 4. The van der Waals surface area contributed by atoms with Crippen LogP contribution in [0.4, 0.5) is 10.6 Å². The number of halogens is 1. The fraction of sp³-hybridized carbons (Fsp3) is 0.529. The van der Waals surface area contributed by atoms with E-state index in [-0.39, 0.29) is 17.7 Å². The van der Waals surface area contributed by atoms with E-state index in [1.54, 1.807) is 26.1 Å². The van der Waals surface area contributed by atoms with Crippen LogP contribution in [0.3, 0.4) is 0 Å². The summed E-state index contributed by atoms with van der Waals surface area (Å²) in [6, 6.07) is 2.55. The average Bonchev–Trinajstić information content (AvgIpc) is 2.63. The topological polar surface area (TPSA) is 103 Å². The fourth-order valence-electron chi connectivity index (χ4n) is 2.84. The van der Waals surface area contributed by atoms with Crippen molar-refractivity contribution in [3.8, 4) is 0 Å². The highest BCUT2D eigenvalue weighted by Gasteiger charge is 2.31. The van der Waals surface area contributed by atoms with Gasteiger partial charge in [0.15, 0.2) is 0 Å². The SMILES string of the molecule is CCNC(=O)NC(=O)C(C)N1CCCC(C(=O)Nc2ccc(Br)cn2)C1. The van der Waals surface area contributed by atoms with Crippen molar-refractivity contribution in [2.75, 3.05) is 25.0 Å². The highest BCUT2D eigenvalue weighted by molar-refractivity contribution is 9.10. The van der Waals surface area contributed by atoms with Crippen molar-refractivity contribution >= 4 is 39.6 Å². The molecule has 3 N–H and O–H groups in total. The van der Waals surface area contributed by atoms with Gasteiger partial charge in [-0.15, -0.1) is 0 Å². The van der Waals surface area contributed by atoms with Crippen molar-refractivity contribution in [2.24, 2.45) is 5.92 Å². The predicted molar refractivity (Wildman–Crippen MR) is 102 cm³/mol. The Labute approximate surface area is 161 Å². The molecule has 1 aliphatic rings. The number of aromatic nitrogens is 1. The van der Waals surface area contributed by atoms with E-state index in [9.17, 15) is 14.4 Å². The number of pyridine rings is 1. The third kappa shape index (κ3) is 5.77. The lowest BCUT2D eigenvalue weighted by atomic mass is 9.96. The molecular formula is C17H24BrN5O3. The maximum Gasteiger partial charge on any atom is 0.321 e. The fourth-order valence-corrected chi connectivity index (χ4v) is 3.07. The molecule has 0 aromatic carbocycles. The van der Waals surface area contributed by atoms with Crippen LogP contribution in [-0.2, 0) is 9.59 Å². The van der Waals surface area contributed by atoms with E-state index in [4.69, 9.17) is 0 Å². The van der Waals surface area contributed by atoms with Crippen LogP contribution in [-0.4, -0.2) is 53.4 Å². The second-order valence-electron chi connectivity index (χ2n) is 6.21. The van der Waals surface area contributed by atoms with Crippen LogP contribution in [0.25, 0.3) is 0 Å². The van der Waals surface area contributed by atoms with Crippen LogP contribution in [0.1, 0.15) is 26.7 Å². The monoisotopic (exact) mass is 425 g/mol. The summed E-state index contributed by atoms with van der Waals surface area (Å²) in [6.45, 7) is 5.15. The molecule has 4 amide bonds. The number of nitrogens with one attached hydrogen (secondary N) is 3. The zero-order valence-electron chi connectivity index (χ0n) is 14.9. The van der Waals surface area contributed by atoms with Gasteiger partial charge in [0.1, 0.15) is 5.82 Å². The Morgan fingerprint density at radius 2 is 2.15 bits per heavy atom. The Kier molecular flexibility index (Phi) is 7.52. The maximum absolute atomic E-state index is 12.5. The van der Waals surface area contributed by atoms with E-state index in [1.165, 1.54) is 0 Å². The van der Waals surface area contributed by atoms with E-state index in [1.807, 2.05) is 11.0 Å². The molecule has 2 rings (SSSR count). The Morgan fingerprint density at radius 3 is 2.81 bits per heavy atom. The summed E-state index contributed by atoms with van der Waals surface area (Å²) in [5, 5.41) is 7.66. The minimum atomic E-state index is -0.503. The van der Waals surface area contributed by atoms with E-state index < -0.39 is 12.1 Å². The second-order valence-corrected chi connectivity index (χ2v) is 7.13. The average molecular weight is 426 g/mol. The molecule has 1 aromatic heterocycles. The zero-order valence-corrected chi connectivity index (χ0v) is 16.5. The summed E-state index contributed by atoms with van der Waals surface area (Å²) in [6.07, 6.45) is 3.19. The molecule has 2 atom stereocenters. The summed E-state index contributed by atoms with van der Waals surface area (Å²) in [4.78, 5) is 42.3. The predicted octanol–water partition coefficient (Wildman–Crippen LogP) is 1.73. The number of carbonyl (C=O) groups excluding carboxylic acids is 3. The van der Waals surface area contributed by atoms with E-state index in [0.717, 1.165) is 17.3 Å². The molecule has 1 saturated heterocycles. The summed E-state index contributed by atoms with van der Waals surface area (Å²) in [7, 11) is 0. The van der Waals surface area contributed by atoms with Crippen molar-refractivity contribution < 1.29 is 14.4 Å². The number of hydrogen-bond donors (Lipinski definition) is 3.